The van der Waals surface area contributed by atoms with E-state index in [1.165, 1.54) is 0 Å². The molecular formula is C13H22N2O3S. The predicted molar refractivity (Wildman–Crippen MR) is 77.0 cm³/mol. The Balaban J connectivity index is 2.78. The second-order valence-electron chi connectivity index (χ2n) is 4.99. The molecule has 0 spiro atoms. The molecule has 0 saturated carbocycles. The van der Waals surface area contributed by atoms with Crippen LogP contribution in [0, 0.1) is 0 Å². The number of aliphatic hydroxyl groups is 1. The highest BCUT2D eigenvalue weighted by Crippen LogP contribution is 2.17. The van der Waals surface area contributed by atoms with Gasteiger partial charge in [0.25, 0.3) is 0 Å². The normalized spacial score (nSPS) is 15.1. The summed E-state index contributed by atoms with van der Waals surface area (Å²) in [7, 11) is -3.44. The van der Waals surface area contributed by atoms with Crippen molar-refractivity contribution in [3.63, 3.8) is 0 Å². The van der Waals surface area contributed by atoms with Gasteiger partial charge in [0.15, 0.2) is 0 Å². The van der Waals surface area contributed by atoms with Gasteiger partial charge in [-0.25, -0.2) is 13.1 Å². The average molecular weight is 286 g/mol. The molecule has 0 saturated heterocycles. The van der Waals surface area contributed by atoms with Crippen LogP contribution >= 0.6 is 0 Å². The number of hydrogen-bond donors (Lipinski definition) is 3. The van der Waals surface area contributed by atoms with Crippen LogP contribution in [-0.4, -0.2) is 25.7 Å². The maximum atomic E-state index is 12.1. The van der Waals surface area contributed by atoms with Gasteiger partial charge < -0.3 is 10.8 Å². The van der Waals surface area contributed by atoms with Gasteiger partial charge in [0.2, 0.25) is 10.0 Å². The molecule has 0 bridgehead atoms. The number of nitrogens with one attached hydrogen (secondary N) is 1. The van der Waals surface area contributed by atoms with E-state index in [4.69, 9.17) is 10.8 Å². The molecule has 1 atom stereocenters. The second kappa shape index (κ2) is 6.36. The molecule has 0 aliphatic rings. The maximum absolute atomic E-state index is 12.1. The first-order valence-corrected chi connectivity index (χ1v) is 7.92. The highest BCUT2D eigenvalue weighted by atomic mass is 32.2. The van der Waals surface area contributed by atoms with Crippen molar-refractivity contribution in [2.24, 2.45) is 0 Å². The summed E-state index contributed by atoms with van der Waals surface area (Å²) in [4.78, 5) is 0. The molecule has 0 radical (unpaired) electrons. The van der Waals surface area contributed by atoms with Gasteiger partial charge in [-0.3, -0.25) is 0 Å². The summed E-state index contributed by atoms with van der Waals surface area (Å²) in [5.41, 5.74) is 6.24. The minimum absolute atomic E-state index is 0.0469. The van der Waals surface area contributed by atoms with Gasteiger partial charge in [0.05, 0.1) is 5.75 Å². The fourth-order valence-corrected chi connectivity index (χ4v) is 3.49. The van der Waals surface area contributed by atoms with Gasteiger partial charge in [-0.05, 0) is 37.5 Å². The number of hydrogen-bond acceptors (Lipinski definition) is 4. The van der Waals surface area contributed by atoms with Crippen molar-refractivity contribution in [3.8, 4) is 0 Å². The summed E-state index contributed by atoms with van der Waals surface area (Å²) in [5.74, 6) is -0.0890. The molecule has 0 aliphatic heterocycles. The van der Waals surface area contributed by atoms with Crippen molar-refractivity contribution < 1.29 is 13.5 Å². The minimum Gasteiger partial charge on any atom is -0.399 e. The molecule has 19 heavy (non-hydrogen) atoms. The molecular weight excluding hydrogens is 264 g/mol. The zero-order chi connectivity index (χ0) is 14.5. The fraction of sp³-hybridized carbons (Fsp3) is 0.538. The summed E-state index contributed by atoms with van der Waals surface area (Å²) in [5, 5.41) is 9.00. The largest absolute Gasteiger partial charge is 0.399 e. The van der Waals surface area contributed by atoms with E-state index in [0.717, 1.165) is 0 Å². The van der Waals surface area contributed by atoms with E-state index >= 15 is 0 Å². The topological polar surface area (TPSA) is 92.4 Å². The van der Waals surface area contributed by atoms with Gasteiger partial charge in [0.1, 0.15) is 0 Å². The van der Waals surface area contributed by atoms with Crippen LogP contribution < -0.4 is 10.5 Å². The summed E-state index contributed by atoms with van der Waals surface area (Å²) < 4.78 is 26.9. The minimum atomic E-state index is -3.44. The predicted octanol–water partition coefficient (Wildman–Crippen LogP) is 1.24. The molecule has 1 aromatic rings. The van der Waals surface area contributed by atoms with Crippen LogP contribution in [0.5, 0.6) is 0 Å². The summed E-state index contributed by atoms with van der Waals surface area (Å²) in [6.45, 7) is 3.64. The lowest BCUT2D eigenvalue weighted by atomic mass is 9.97. The zero-order valence-electron chi connectivity index (χ0n) is 11.4. The number of benzene rings is 1. The fourth-order valence-electron chi connectivity index (χ4n) is 1.79. The van der Waals surface area contributed by atoms with Crippen molar-refractivity contribution in [3.05, 3.63) is 29.8 Å². The third-order valence-electron chi connectivity index (χ3n) is 3.18. The standard InChI is InChI=1S/C13H22N2O3S/c1-3-13(2,8-9-16)15-19(17,18)10-11-4-6-12(14)7-5-11/h4-7,15-16H,3,8-10,14H2,1-2H3. The Kier molecular flexibility index (Phi) is 5.34. The lowest BCUT2D eigenvalue weighted by Gasteiger charge is -2.28. The molecule has 4 N–H and O–H groups in total. The molecule has 0 aliphatic carbocycles. The first-order valence-electron chi connectivity index (χ1n) is 6.27. The molecule has 0 heterocycles. The monoisotopic (exact) mass is 286 g/mol. The first-order chi connectivity index (χ1) is 8.80. The number of anilines is 1. The van der Waals surface area contributed by atoms with Crippen LogP contribution in [0.1, 0.15) is 32.3 Å². The van der Waals surface area contributed by atoms with Crippen LogP contribution in [0.15, 0.2) is 24.3 Å². The highest BCUT2D eigenvalue weighted by Gasteiger charge is 2.27. The van der Waals surface area contributed by atoms with Crippen molar-refractivity contribution in [2.75, 3.05) is 12.3 Å². The quantitative estimate of drug-likeness (QED) is 0.657. The Morgan fingerprint density at radius 3 is 2.37 bits per heavy atom. The summed E-state index contributed by atoms with van der Waals surface area (Å²) in [6, 6.07) is 6.75. The second-order valence-corrected chi connectivity index (χ2v) is 6.71. The van der Waals surface area contributed by atoms with E-state index in [0.29, 0.717) is 24.1 Å². The van der Waals surface area contributed by atoms with E-state index < -0.39 is 15.6 Å². The highest BCUT2D eigenvalue weighted by molar-refractivity contribution is 7.88. The molecule has 5 nitrogen and oxygen atoms in total. The maximum Gasteiger partial charge on any atom is 0.216 e. The van der Waals surface area contributed by atoms with Crippen molar-refractivity contribution in [2.45, 2.75) is 38.0 Å². The van der Waals surface area contributed by atoms with Gasteiger partial charge >= 0.3 is 0 Å². The molecule has 0 amide bonds. The van der Waals surface area contributed by atoms with Crippen LogP contribution in [0.2, 0.25) is 0 Å². The Morgan fingerprint density at radius 2 is 1.89 bits per heavy atom. The van der Waals surface area contributed by atoms with Crippen molar-refractivity contribution in [1.82, 2.24) is 4.72 Å². The van der Waals surface area contributed by atoms with Gasteiger partial charge in [-0.2, -0.15) is 0 Å². The van der Waals surface area contributed by atoms with E-state index in [1.54, 1.807) is 31.2 Å². The number of nitrogen functional groups attached to an aromatic ring is 1. The third kappa shape index (κ3) is 5.18. The van der Waals surface area contributed by atoms with Crippen LogP contribution in [-0.2, 0) is 15.8 Å². The lowest BCUT2D eigenvalue weighted by molar-refractivity contribution is 0.233. The Labute approximate surface area is 114 Å². The SMILES string of the molecule is CCC(C)(CCO)NS(=O)(=O)Cc1ccc(N)cc1. The average Bonchev–Trinajstić information content (AvgIpc) is 2.31. The van der Waals surface area contributed by atoms with E-state index in [2.05, 4.69) is 4.72 Å². The Bertz CT molecular complexity index is 499. The van der Waals surface area contributed by atoms with E-state index in [-0.39, 0.29) is 12.4 Å². The van der Waals surface area contributed by atoms with Gasteiger partial charge in [-0.15, -0.1) is 0 Å². The molecule has 6 heteroatoms. The van der Waals surface area contributed by atoms with Gasteiger partial charge in [-0.1, -0.05) is 19.1 Å². The smallest absolute Gasteiger partial charge is 0.216 e. The first kappa shape index (κ1) is 15.9. The number of rotatable bonds is 7. The van der Waals surface area contributed by atoms with Crippen LogP contribution in [0.3, 0.4) is 0 Å². The third-order valence-corrected chi connectivity index (χ3v) is 4.70. The lowest BCUT2D eigenvalue weighted by Crippen LogP contribution is -2.46. The summed E-state index contributed by atoms with van der Waals surface area (Å²) in [6.07, 6.45) is 1.01. The van der Waals surface area contributed by atoms with Crippen molar-refractivity contribution >= 4 is 15.7 Å². The number of aliphatic hydroxyl groups excluding tert-OH is 1. The zero-order valence-corrected chi connectivity index (χ0v) is 12.2. The number of sulfonamides is 1. The Hall–Kier alpha value is -1.11. The van der Waals surface area contributed by atoms with Crippen molar-refractivity contribution in [1.29, 1.82) is 0 Å². The molecule has 108 valence electrons. The summed E-state index contributed by atoms with van der Waals surface area (Å²) >= 11 is 0. The van der Waals surface area contributed by atoms with Crippen LogP contribution in [0.4, 0.5) is 5.69 Å². The van der Waals surface area contributed by atoms with Crippen LogP contribution in [0.25, 0.3) is 0 Å². The van der Waals surface area contributed by atoms with E-state index in [9.17, 15) is 8.42 Å². The van der Waals surface area contributed by atoms with E-state index in [1.807, 2.05) is 6.92 Å². The molecule has 1 rings (SSSR count). The van der Waals surface area contributed by atoms with Gasteiger partial charge in [0, 0.05) is 17.8 Å². The molecule has 0 fully saturated rings. The number of nitrogens with two attached hydrogens (primary N) is 1. The Morgan fingerprint density at radius 1 is 1.32 bits per heavy atom. The molecule has 0 aromatic heterocycles. The molecule has 1 aromatic carbocycles. The molecule has 1 unspecified atom stereocenters.